The molecule has 0 fully saturated rings. The van der Waals surface area contributed by atoms with Crippen LogP contribution in [0.4, 0.5) is 0 Å². The first-order valence-electron chi connectivity index (χ1n) is 3.99. The Kier molecular flexibility index (Phi) is 1.74. The van der Waals surface area contributed by atoms with Crippen molar-refractivity contribution >= 4 is 16.5 Å². The van der Waals surface area contributed by atoms with E-state index in [1.165, 1.54) is 0 Å². The molecule has 2 nitrogen and oxygen atoms in total. The van der Waals surface area contributed by atoms with E-state index in [2.05, 4.69) is 11.6 Å². The van der Waals surface area contributed by atoms with Crippen molar-refractivity contribution in [1.29, 1.82) is 0 Å². The van der Waals surface area contributed by atoms with Crippen LogP contribution >= 0.6 is 0 Å². The van der Waals surface area contributed by atoms with Crippen LogP contribution in [0.25, 0.3) is 16.5 Å². The zero-order chi connectivity index (χ0) is 9.26. The average Bonchev–Trinajstić information content (AvgIpc) is 2.17. The summed E-state index contributed by atoms with van der Waals surface area (Å²) >= 11 is 0. The van der Waals surface area contributed by atoms with Crippen molar-refractivity contribution < 1.29 is 5.11 Å². The number of fused-ring (bicyclic) bond motifs is 1. The summed E-state index contributed by atoms with van der Waals surface area (Å²) in [6.07, 6.45) is 1.63. The van der Waals surface area contributed by atoms with E-state index >= 15 is 0 Å². The van der Waals surface area contributed by atoms with Gasteiger partial charge in [0.1, 0.15) is 0 Å². The molecule has 0 amide bonds. The molecule has 1 heterocycles. The maximum Gasteiger partial charge on any atom is 0.0623 e. The van der Waals surface area contributed by atoms with Crippen LogP contribution in [0.3, 0.4) is 0 Å². The smallest absolute Gasteiger partial charge is 0.0623 e. The molecular formula is C11H8NO-. The summed E-state index contributed by atoms with van der Waals surface area (Å²) < 4.78 is 0. The van der Waals surface area contributed by atoms with Gasteiger partial charge in [0.05, 0.1) is 5.69 Å². The molecule has 0 aliphatic rings. The fourth-order valence-corrected chi connectivity index (χ4v) is 1.34. The van der Waals surface area contributed by atoms with Gasteiger partial charge in [0.15, 0.2) is 0 Å². The van der Waals surface area contributed by atoms with Gasteiger partial charge >= 0.3 is 0 Å². The van der Waals surface area contributed by atoms with Crippen molar-refractivity contribution in [2.75, 3.05) is 0 Å². The first kappa shape index (κ1) is 7.80. The van der Waals surface area contributed by atoms with Crippen LogP contribution in [0.2, 0.25) is 0 Å². The summed E-state index contributed by atoms with van der Waals surface area (Å²) in [4.78, 5) is 3.99. The molecule has 0 radical (unpaired) electrons. The molecule has 0 aliphatic carbocycles. The van der Waals surface area contributed by atoms with E-state index in [9.17, 15) is 5.11 Å². The molecule has 0 saturated carbocycles. The fourth-order valence-electron chi connectivity index (χ4n) is 1.34. The lowest BCUT2D eigenvalue weighted by Gasteiger charge is -2.10. The van der Waals surface area contributed by atoms with Gasteiger partial charge in [0.25, 0.3) is 0 Å². The Hall–Kier alpha value is -1.83. The standard InChI is InChI=1S/C11H9NO/c1-8(13)11-10-5-3-2-4-9(10)6-7-12-11/h2-7,13H,1H2/p-1. The van der Waals surface area contributed by atoms with E-state index in [4.69, 9.17) is 0 Å². The third-order valence-corrected chi connectivity index (χ3v) is 1.94. The van der Waals surface area contributed by atoms with Crippen LogP contribution in [0.1, 0.15) is 5.69 Å². The van der Waals surface area contributed by atoms with E-state index in [1.54, 1.807) is 6.20 Å². The molecule has 2 heteroatoms. The van der Waals surface area contributed by atoms with Crippen LogP contribution in [0, 0.1) is 0 Å². The second kappa shape index (κ2) is 2.90. The van der Waals surface area contributed by atoms with Crippen molar-refractivity contribution in [1.82, 2.24) is 4.98 Å². The van der Waals surface area contributed by atoms with Gasteiger partial charge in [-0.2, -0.15) is 0 Å². The van der Waals surface area contributed by atoms with E-state index < -0.39 is 0 Å². The molecule has 64 valence electrons. The first-order valence-corrected chi connectivity index (χ1v) is 3.99. The number of hydrogen-bond acceptors (Lipinski definition) is 2. The highest BCUT2D eigenvalue weighted by molar-refractivity contribution is 5.89. The Morgan fingerprint density at radius 1 is 1.23 bits per heavy atom. The Morgan fingerprint density at radius 2 is 2.00 bits per heavy atom. The van der Waals surface area contributed by atoms with E-state index in [1.807, 2.05) is 30.3 Å². The predicted octanol–water partition coefficient (Wildman–Crippen LogP) is 1.57. The number of rotatable bonds is 1. The van der Waals surface area contributed by atoms with E-state index in [0.29, 0.717) is 5.69 Å². The van der Waals surface area contributed by atoms with Crippen molar-refractivity contribution in [3.05, 3.63) is 48.8 Å². The fraction of sp³-hybridized carbons (Fsp3) is 0. The molecule has 2 aromatic rings. The third kappa shape index (κ3) is 1.26. The van der Waals surface area contributed by atoms with Crippen LogP contribution in [0.5, 0.6) is 0 Å². The number of benzene rings is 1. The van der Waals surface area contributed by atoms with E-state index in [-0.39, 0.29) is 5.76 Å². The van der Waals surface area contributed by atoms with Crippen molar-refractivity contribution in [3.8, 4) is 0 Å². The Labute approximate surface area is 76.2 Å². The Balaban J connectivity index is 2.83. The lowest BCUT2D eigenvalue weighted by Crippen LogP contribution is -2.02. The first-order chi connectivity index (χ1) is 6.29. The molecule has 1 aromatic heterocycles. The number of pyridine rings is 1. The minimum atomic E-state index is -0.239. The quantitative estimate of drug-likeness (QED) is 0.609. The SMILES string of the molecule is C=C([O-])c1nccc2ccccc12. The molecule has 0 unspecified atom stereocenters. The molecule has 13 heavy (non-hydrogen) atoms. The van der Waals surface area contributed by atoms with Gasteiger partial charge in [-0.05, 0) is 11.5 Å². The summed E-state index contributed by atoms with van der Waals surface area (Å²) in [5, 5.41) is 13.0. The lowest BCUT2D eigenvalue weighted by molar-refractivity contribution is -0.243. The number of nitrogens with zero attached hydrogens (tertiary/aromatic N) is 1. The highest BCUT2D eigenvalue weighted by atomic mass is 16.3. The second-order valence-corrected chi connectivity index (χ2v) is 2.80. The Bertz CT molecular complexity index is 457. The van der Waals surface area contributed by atoms with E-state index in [0.717, 1.165) is 10.8 Å². The highest BCUT2D eigenvalue weighted by Crippen LogP contribution is 2.18. The number of aromatic nitrogens is 1. The zero-order valence-corrected chi connectivity index (χ0v) is 7.03. The van der Waals surface area contributed by atoms with Crippen LogP contribution in [-0.4, -0.2) is 4.98 Å². The number of hydrogen-bond donors (Lipinski definition) is 0. The predicted molar refractivity (Wildman–Crippen MR) is 50.8 cm³/mol. The Morgan fingerprint density at radius 3 is 2.77 bits per heavy atom. The van der Waals surface area contributed by atoms with Crippen molar-refractivity contribution in [3.63, 3.8) is 0 Å². The minimum absolute atomic E-state index is 0.239. The monoisotopic (exact) mass is 170 g/mol. The average molecular weight is 170 g/mol. The summed E-state index contributed by atoms with van der Waals surface area (Å²) in [6.45, 7) is 3.36. The van der Waals surface area contributed by atoms with Crippen LogP contribution in [-0.2, 0) is 0 Å². The van der Waals surface area contributed by atoms with Gasteiger partial charge in [-0.15, -0.1) is 6.58 Å². The van der Waals surface area contributed by atoms with Gasteiger partial charge < -0.3 is 5.11 Å². The molecule has 2 rings (SSSR count). The molecule has 1 aromatic carbocycles. The lowest BCUT2D eigenvalue weighted by atomic mass is 10.1. The summed E-state index contributed by atoms with van der Waals surface area (Å²) in [5.74, 6) is -0.239. The topological polar surface area (TPSA) is 36.0 Å². The molecule has 0 N–H and O–H groups in total. The van der Waals surface area contributed by atoms with Crippen molar-refractivity contribution in [2.24, 2.45) is 0 Å². The molecule has 0 aliphatic heterocycles. The van der Waals surface area contributed by atoms with Crippen LogP contribution < -0.4 is 5.11 Å². The molecule has 0 atom stereocenters. The second-order valence-electron chi connectivity index (χ2n) is 2.80. The van der Waals surface area contributed by atoms with Gasteiger partial charge in [0, 0.05) is 11.6 Å². The van der Waals surface area contributed by atoms with Gasteiger partial charge in [-0.25, -0.2) is 0 Å². The summed E-state index contributed by atoms with van der Waals surface area (Å²) in [7, 11) is 0. The molecule has 0 spiro atoms. The summed E-state index contributed by atoms with van der Waals surface area (Å²) in [6, 6.07) is 9.52. The maximum atomic E-state index is 11.1. The van der Waals surface area contributed by atoms with Gasteiger partial charge in [-0.3, -0.25) is 4.98 Å². The normalized spacial score (nSPS) is 10.2. The maximum absolute atomic E-state index is 11.1. The summed E-state index contributed by atoms with van der Waals surface area (Å²) in [5.41, 5.74) is 0.443. The molecule has 0 bridgehead atoms. The molecular weight excluding hydrogens is 162 g/mol. The minimum Gasteiger partial charge on any atom is -0.871 e. The van der Waals surface area contributed by atoms with Crippen molar-refractivity contribution in [2.45, 2.75) is 0 Å². The van der Waals surface area contributed by atoms with Gasteiger partial charge in [0.2, 0.25) is 0 Å². The highest BCUT2D eigenvalue weighted by Gasteiger charge is 1.97. The van der Waals surface area contributed by atoms with Gasteiger partial charge in [-0.1, -0.05) is 30.0 Å². The largest absolute Gasteiger partial charge is 0.871 e. The zero-order valence-electron chi connectivity index (χ0n) is 7.03. The third-order valence-electron chi connectivity index (χ3n) is 1.94. The molecule has 0 saturated heterocycles. The van der Waals surface area contributed by atoms with Crippen LogP contribution in [0.15, 0.2) is 43.1 Å².